The number of alkyl halides is 3. The summed E-state index contributed by atoms with van der Waals surface area (Å²) < 4.78 is 67.2. The Bertz CT molecular complexity index is 2000. The summed E-state index contributed by atoms with van der Waals surface area (Å²) in [4.78, 5) is 44.3. The van der Waals surface area contributed by atoms with Crippen LogP contribution >= 0.6 is 0 Å². The monoisotopic (exact) mass is 818 g/mol. The predicted octanol–water partition coefficient (Wildman–Crippen LogP) is 1.77. The summed E-state index contributed by atoms with van der Waals surface area (Å²) in [5.41, 5.74) is -0.480. The molecule has 51 heavy (non-hydrogen) atoms. The van der Waals surface area contributed by atoms with Gasteiger partial charge in [-0.25, -0.2) is 0 Å². The summed E-state index contributed by atoms with van der Waals surface area (Å²) in [5, 5.41) is 17.3. The van der Waals surface area contributed by atoms with Crippen molar-refractivity contribution >= 4 is 23.5 Å². The molecule has 1 fully saturated rings. The Morgan fingerprint density at radius 1 is 1.10 bits per heavy atom. The van der Waals surface area contributed by atoms with E-state index in [0.717, 1.165) is 24.3 Å². The number of nitriles is 1. The molecule has 3 amide bonds. The zero-order chi connectivity index (χ0) is 36.5. The first-order valence-corrected chi connectivity index (χ1v) is 17.6. The maximum atomic E-state index is 14.8. The average Bonchev–Trinajstić information content (AvgIpc) is 3.48. The predicted molar refractivity (Wildman–Crippen MR) is 169 cm³/mol. The van der Waals surface area contributed by atoms with Crippen LogP contribution < -0.4 is 32.1 Å². The van der Waals surface area contributed by atoms with Gasteiger partial charge in [0.25, 0.3) is 0 Å². The van der Waals surface area contributed by atoms with Gasteiger partial charge < -0.3 is 0 Å². The van der Waals surface area contributed by atoms with E-state index < -0.39 is 71.8 Å². The van der Waals surface area contributed by atoms with Gasteiger partial charge in [0.2, 0.25) is 0 Å². The van der Waals surface area contributed by atoms with Gasteiger partial charge in [-0.15, -0.1) is 0 Å². The van der Waals surface area contributed by atoms with Crippen LogP contribution in [-0.4, -0.2) is 75.7 Å². The van der Waals surface area contributed by atoms with Crippen molar-refractivity contribution in [3.8, 4) is 11.8 Å². The van der Waals surface area contributed by atoms with E-state index in [1.165, 1.54) is 27.8 Å². The Hall–Kier alpha value is -4.70. The molecule has 1 aromatic heterocycles. The Morgan fingerprint density at radius 2 is 1.80 bits per heavy atom. The molecule has 16 heteroatoms. The average molecular weight is 819 g/mol. The van der Waals surface area contributed by atoms with Crippen molar-refractivity contribution in [1.29, 1.82) is 5.26 Å². The van der Waals surface area contributed by atoms with Crippen molar-refractivity contribution in [2.24, 2.45) is 0 Å². The molecule has 0 spiro atoms. The number of halogens is 5. The fourth-order valence-corrected chi connectivity index (χ4v) is 7.70. The van der Waals surface area contributed by atoms with Crippen LogP contribution in [0.25, 0.3) is 5.69 Å². The van der Waals surface area contributed by atoms with Crippen molar-refractivity contribution in [3.63, 3.8) is 0 Å². The number of quaternary nitrogens is 1. The van der Waals surface area contributed by atoms with Gasteiger partial charge in [0.15, 0.2) is 0 Å². The summed E-state index contributed by atoms with van der Waals surface area (Å²) in [6.07, 6.45) is -4.96. The van der Waals surface area contributed by atoms with Crippen LogP contribution in [0.2, 0.25) is 0 Å². The Balaban J connectivity index is 1.56. The summed E-state index contributed by atoms with van der Waals surface area (Å²) >= 11 is -1.48. The molecule has 3 atom stereocenters. The second-order valence-electron chi connectivity index (χ2n) is 12.0. The third-order valence-electron chi connectivity index (χ3n) is 8.53. The molecule has 1 unspecified atom stereocenters. The van der Waals surface area contributed by atoms with Crippen LogP contribution in [-0.2, 0) is 18.8 Å². The van der Waals surface area contributed by atoms with E-state index in [4.69, 9.17) is 12.9 Å². The zero-order valence-electron chi connectivity index (χ0n) is 27.2. The quantitative estimate of drug-likeness (QED) is 0.112. The molecule has 0 bridgehead atoms. The van der Waals surface area contributed by atoms with E-state index in [2.05, 4.69) is 11.4 Å². The molecule has 11 nitrogen and oxygen atoms in total. The number of amides is 3. The molecule has 2 aliphatic rings. The van der Waals surface area contributed by atoms with E-state index in [-0.39, 0.29) is 41.8 Å². The van der Waals surface area contributed by atoms with Gasteiger partial charge in [-0.3, -0.25) is 0 Å². The summed E-state index contributed by atoms with van der Waals surface area (Å²) in [7, 11) is 1.57. The normalized spacial score (nSPS) is 18.8. The van der Waals surface area contributed by atoms with Gasteiger partial charge in [0.1, 0.15) is 0 Å². The van der Waals surface area contributed by atoms with E-state index in [0.29, 0.717) is 30.5 Å². The number of carbonyl (C=O) groups excluding carboxylic acids is 3. The van der Waals surface area contributed by atoms with Crippen LogP contribution in [0.4, 0.5) is 23.4 Å². The van der Waals surface area contributed by atoms with Gasteiger partial charge in [-0.2, -0.15) is 13.2 Å². The van der Waals surface area contributed by atoms with Gasteiger partial charge in [-0.1, -0.05) is 0 Å². The zero-order valence-corrected chi connectivity index (χ0v) is 29.4. The van der Waals surface area contributed by atoms with Crippen molar-refractivity contribution in [3.05, 3.63) is 113 Å². The second-order valence-corrected chi connectivity index (χ2v) is 15.0. The number of rotatable bonds is 10. The van der Waals surface area contributed by atoms with Crippen LogP contribution in [0.1, 0.15) is 50.4 Å². The van der Waals surface area contributed by atoms with Crippen LogP contribution in [0.3, 0.4) is 0 Å². The summed E-state index contributed by atoms with van der Waals surface area (Å²) in [6.45, 7) is 2.18. The molecular weight excluding hydrogens is 787 g/mol. The number of fused-ring (bicyclic) bond motifs is 1. The number of ether oxygens (including phenoxy) is 1. The number of anilines is 1. The first kappa shape index (κ1) is 36.1. The molecular formula is C35H31F4IN6O5. The third-order valence-corrected chi connectivity index (χ3v) is 11.1. The molecule has 0 radical (unpaired) electrons. The molecule has 1 saturated heterocycles. The minimum atomic E-state index is -4.73. The molecule has 6 rings (SSSR count). The van der Waals surface area contributed by atoms with Gasteiger partial charge >= 0.3 is 289 Å². The molecule has 0 aliphatic carbocycles. The Labute approximate surface area is 301 Å². The molecule has 4 aromatic rings. The minimum absolute atomic E-state index is 0.0477. The third kappa shape index (κ3) is 7.11. The fourth-order valence-electron chi connectivity index (χ4n) is 5.89. The topological polar surface area (TPSA) is 127 Å². The van der Waals surface area contributed by atoms with Crippen LogP contribution in [0.5, 0.6) is 0 Å². The van der Waals surface area contributed by atoms with E-state index in [1.54, 1.807) is 44.3 Å². The molecule has 1 N–H and O–H groups in total. The number of carbonyl (C=O) groups is 3. The molecule has 266 valence electrons. The second kappa shape index (κ2) is 14.5. The molecule has 3 aromatic carbocycles. The first-order valence-electron chi connectivity index (χ1n) is 15.8. The van der Waals surface area contributed by atoms with Gasteiger partial charge in [0.05, 0.1) is 0 Å². The Morgan fingerprint density at radius 3 is 2.41 bits per heavy atom. The molecule has 3 heterocycles. The molecule has 0 saturated carbocycles. The standard InChI is InChI=1S/C35H31F4IN6O5/c1-3-44-32-28(30(43-45(32)25-10-5-4-6-11-25)34(49)46(2,17-16-41)40-51-26-19-50-20-26)27(21-12-14-24(36)15-13-21)29(33(44)48)42-31(47)22-8-7-9-23(18-22)35(37,38)39/h4-15,18,26-27,29H,3,17,19-20H2,1-2H3,(H,42,47)/t27-,29-,46?/m0/s1. The summed E-state index contributed by atoms with van der Waals surface area (Å²) in [5.74, 6) is -3.73. The molecule has 2 aliphatic heterocycles. The maximum absolute atomic E-state index is 14.8. The Kier molecular flexibility index (Phi) is 10.3. The number of aromatic nitrogens is 2. The SMILES string of the molecule is CCN1C(=O)[C@@H](NC(=O)c2cccc(C(F)(F)F)c2)[C@@H](c2ccc(F)cc2)c2c(C(=O)[N+](C)(CC#N)[I-]OC3COC3)nn(-c3ccccc3)c21. The van der Waals surface area contributed by atoms with E-state index in [1.807, 2.05) is 0 Å². The number of likely N-dealkylation sites (N-methyl/N-ethyl adjacent to an activating group) is 1. The van der Waals surface area contributed by atoms with E-state index >= 15 is 0 Å². The number of nitrogens with zero attached hydrogens (tertiary/aromatic N) is 5. The summed E-state index contributed by atoms with van der Waals surface area (Å²) in [6, 6.07) is 18.3. The number of para-hydroxylation sites is 1. The van der Waals surface area contributed by atoms with Gasteiger partial charge in [0, 0.05) is 0 Å². The number of benzene rings is 3. The number of hydrogen-bond acceptors (Lipinski definition) is 7. The fraction of sp³-hybridized carbons (Fsp3) is 0.286. The van der Waals surface area contributed by atoms with Crippen LogP contribution in [0, 0.1) is 17.1 Å². The van der Waals surface area contributed by atoms with E-state index in [9.17, 15) is 37.2 Å². The van der Waals surface area contributed by atoms with Crippen molar-refractivity contribution in [2.75, 3.05) is 38.3 Å². The van der Waals surface area contributed by atoms with Crippen LogP contribution in [0.15, 0.2) is 78.9 Å². The van der Waals surface area contributed by atoms with Crippen molar-refractivity contribution < 1.29 is 64.3 Å². The first-order chi connectivity index (χ1) is 24.4. The number of hydrogen-bond donors (Lipinski definition) is 1. The van der Waals surface area contributed by atoms with Crippen molar-refractivity contribution in [2.45, 2.75) is 31.2 Å². The van der Waals surface area contributed by atoms with Gasteiger partial charge in [-0.05, 0) is 0 Å². The van der Waals surface area contributed by atoms with Crippen molar-refractivity contribution in [1.82, 2.24) is 15.1 Å². The number of nitrogens with one attached hydrogen (secondary N) is 1.